The Morgan fingerprint density at radius 2 is 1.82 bits per heavy atom. The number of amides is 1. The molecule has 0 aromatic heterocycles. The van der Waals surface area contributed by atoms with Crippen molar-refractivity contribution in [1.29, 1.82) is 0 Å². The minimum absolute atomic E-state index is 0.135. The van der Waals surface area contributed by atoms with Gasteiger partial charge in [0.15, 0.2) is 6.10 Å². The molecule has 1 N–H and O–H groups in total. The van der Waals surface area contributed by atoms with Gasteiger partial charge in [0.25, 0.3) is 5.91 Å². The molecule has 0 saturated heterocycles. The van der Waals surface area contributed by atoms with Gasteiger partial charge in [-0.15, -0.1) is 0 Å². The van der Waals surface area contributed by atoms with Crippen molar-refractivity contribution < 1.29 is 9.53 Å². The Hall–Kier alpha value is -2.29. The first-order valence-electron chi connectivity index (χ1n) is 7.64. The van der Waals surface area contributed by atoms with Crippen molar-refractivity contribution in [2.75, 3.05) is 5.32 Å². The summed E-state index contributed by atoms with van der Waals surface area (Å²) in [5, 5.41) is 3.00. The quantitative estimate of drug-likeness (QED) is 0.895. The summed E-state index contributed by atoms with van der Waals surface area (Å²) >= 11 is 0. The third kappa shape index (κ3) is 3.88. The SMILES string of the molecule is CCc1cccc(C)c1NC(=O)[C@H](C)Oc1ccc(C)cc1. The van der Waals surface area contributed by atoms with E-state index in [0.717, 1.165) is 28.8 Å². The molecule has 3 heteroatoms. The van der Waals surface area contributed by atoms with E-state index in [0.29, 0.717) is 5.75 Å². The van der Waals surface area contributed by atoms with Crippen molar-refractivity contribution in [3.63, 3.8) is 0 Å². The number of anilines is 1. The average Bonchev–Trinajstić information content (AvgIpc) is 2.51. The maximum absolute atomic E-state index is 12.4. The van der Waals surface area contributed by atoms with Gasteiger partial charge in [-0.2, -0.15) is 0 Å². The van der Waals surface area contributed by atoms with Crippen LogP contribution in [-0.2, 0) is 11.2 Å². The Morgan fingerprint density at radius 1 is 1.14 bits per heavy atom. The third-order valence-corrected chi connectivity index (χ3v) is 3.69. The summed E-state index contributed by atoms with van der Waals surface area (Å²) in [6.45, 7) is 7.86. The number of benzene rings is 2. The van der Waals surface area contributed by atoms with Crippen LogP contribution in [0.25, 0.3) is 0 Å². The molecule has 1 atom stereocenters. The summed E-state index contributed by atoms with van der Waals surface area (Å²) in [6.07, 6.45) is 0.330. The fraction of sp³-hybridized carbons (Fsp3) is 0.316. The molecule has 0 unspecified atom stereocenters. The first-order valence-corrected chi connectivity index (χ1v) is 7.64. The Balaban J connectivity index is 2.07. The standard InChI is InChI=1S/C19H23NO2/c1-5-16-8-6-7-14(3)18(16)20-19(21)15(4)22-17-11-9-13(2)10-12-17/h6-12,15H,5H2,1-4H3,(H,20,21)/t15-/m0/s1. The highest BCUT2D eigenvalue weighted by Crippen LogP contribution is 2.22. The number of carbonyl (C=O) groups is 1. The van der Waals surface area contributed by atoms with E-state index >= 15 is 0 Å². The highest BCUT2D eigenvalue weighted by Gasteiger charge is 2.17. The number of carbonyl (C=O) groups excluding carboxylic acids is 1. The van der Waals surface area contributed by atoms with Gasteiger partial charge >= 0.3 is 0 Å². The molecule has 0 heterocycles. The lowest BCUT2D eigenvalue weighted by atomic mass is 10.1. The number of hydrogen-bond acceptors (Lipinski definition) is 2. The zero-order valence-corrected chi connectivity index (χ0v) is 13.6. The summed E-state index contributed by atoms with van der Waals surface area (Å²) in [6, 6.07) is 13.7. The second kappa shape index (κ2) is 7.12. The molecule has 3 nitrogen and oxygen atoms in total. The van der Waals surface area contributed by atoms with Gasteiger partial charge in [0.1, 0.15) is 5.75 Å². The predicted molar refractivity (Wildman–Crippen MR) is 90.5 cm³/mol. The largest absolute Gasteiger partial charge is 0.481 e. The molecule has 0 fully saturated rings. The van der Waals surface area contributed by atoms with E-state index < -0.39 is 6.10 Å². The molecule has 2 rings (SSSR count). The van der Waals surface area contributed by atoms with Gasteiger partial charge in [-0.1, -0.05) is 42.8 Å². The summed E-state index contributed by atoms with van der Waals surface area (Å²) in [4.78, 5) is 12.4. The van der Waals surface area contributed by atoms with Gasteiger partial charge in [0, 0.05) is 5.69 Å². The highest BCUT2D eigenvalue weighted by molar-refractivity contribution is 5.95. The maximum atomic E-state index is 12.4. The molecule has 0 bridgehead atoms. The Kier molecular flexibility index (Phi) is 5.21. The average molecular weight is 297 g/mol. The van der Waals surface area contributed by atoms with E-state index in [1.807, 2.05) is 56.3 Å². The molecule has 2 aromatic carbocycles. The van der Waals surface area contributed by atoms with Gasteiger partial charge in [-0.3, -0.25) is 4.79 Å². The van der Waals surface area contributed by atoms with Crippen LogP contribution in [0.15, 0.2) is 42.5 Å². The lowest BCUT2D eigenvalue weighted by molar-refractivity contribution is -0.122. The third-order valence-electron chi connectivity index (χ3n) is 3.69. The maximum Gasteiger partial charge on any atom is 0.265 e. The van der Waals surface area contributed by atoms with E-state index in [9.17, 15) is 4.79 Å². The highest BCUT2D eigenvalue weighted by atomic mass is 16.5. The second-order valence-electron chi connectivity index (χ2n) is 5.52. The minimum atomic E-state index is -0.549. The van der Waals surface area contributed by atoms with E-state index in [-0.39, 0.29) is 5.91 Å². The molecule has 0 aliphatic carbocycles. The first-order chi connectivity index (χ1) is 10.5. The summed E-state index contributed by atoms with van der Waals surface area (Å²) in [5.74, 6) is 0.568. The van der Waals surface area contributed by atoms with Crippen LogP contribution in [0.2, 0.25) is 0 Å². The van der Waals surface area contributed by atoms with Crippen molar-refractivity contribution in [2.45, 2.75) is 40.2 Å². The zero-order chi connectivity index (χ0) is 16.1. The number of rotatable bonds is 5. The summed E-state index contributed by atoms with van der Waals surface area (Å²) in [7, 11) is 0. The minimum Gasteiger partial charge on any atom is -0.481 e. The smallest absolute Gasteiger partial charge is 0.265 e. The van der Waals surface area contributed by atoms with Gasteiger partial charge in [-0.05, 0) is 50.5 Å². The normalized spacial score (nSPS) is 11.8. The fourth-order valence-electron chi connectivity index (χ4n) is 2.30. The lowest BCUT2D eigenvalue weighted by Gasteiger charge is -2.17. The van der Waals surface area contributed by atoms with Crippen LogP contribution in [0.1, 0.15) is 30.5 Å². The Labute approximate surface area is 132 Å². The summed E-state index contributed by atoms with van der Waals surface area (Å²) in [5.41, 5.74) is 4.26. The topological polar surface area (TPSA) is 38.3 Å². The molecule has 0 aliphatic heterocycles. The van der Waals surface area contributed by atoms with Crippen molar-refractivity contribution in [3.05, 3.63) is 59.2 Å². The molecule has 22 heavy (non-hydrogen) atoms. The van der Waals surface area contributed by atoms with Gasteiger partial charge < -0.3 is 10.1 Å². The van der Waals surface area contributed by atoms with E-state index in [4.69, 9.17) is 4.74 Å². The fourth-order valence-corrected chi connectivity index (χ4v) is 2.30. The number of aryl methyl sites for hydroxylation is 3. The van der Waals surface area contributed by atoms with Crippen molar-refractivity contribution >= 4 is 11.6 Å². The van der Waals surface area contributed by atoms with E-state index in [1.165, 1.54) is 0 Å². The van der Waals surface area contributed by atoms with Crippen LogP contribution in [0.4, 0.5) is 5.69 Å². The molecule has 0 radical (unpaired) electrons. The molecular formula is C19H23NO2. The number of hydrogen-bond donors (Lipinski definition) is 1. The van der Waals surface area contributed by atoms with Crippen LogP contribution < -0.4 is 10.1 Å². The van der Waals surface area contributed by atoms with E-state index in [1.54, 1.807) is 6.92 Å². The molecule has 2 aromatic rings. The van der Waals surface area contributed by atoms with Gasteiger partial charge in [0.05, 0.1) is 0 Å². The van der Waals surface area contributed by atoms with Crippen LogP contribution in [0, 0.1) is 13.8 Å². The predicted octanol–water partition coefficient (Wildman–Crippen LogP) is 4.27. The van der Waals surface area contributed by atoms with Crippen LogP contribution in [0.5, 0.6) is 5.75 Å². The Bertz CT molecular complexity index is 647. The molecule has 0 saturated carbocycles. The van der Waals surface area contributed by atoms with Gasteiger partial charge in [-0.25, -0.2) is 0 Å². The summed E-state index contributed by atoms with van der Waals surface area (Å²) < 4.78 is 5.70. The van der Waals surface area contributed by atoms with Crippen molar-refractivity contribution in [1.82, 2.24) is 0 Å². The zero-order valence-electron chi connectivity index (χ0n) is 13.6. The molecule has 0 spiro atoms. The number of para-hydroxylation sites is 1. The lowest BCUT2D eigenvalue weighted by Crippen LogP contribution is -2.30. The molecule has 0 aliphatic rings. The first kappa shape index (κ1) is 16.1. The van der Waals surface area contributed by atoms with Crippen molar-refractivity contribution in [2.24, 2.45) is 0 Å². The second-order valence-corrected chi connectivity index (χ2v) is 5.52. The van der Waals surface area contributed by atoms with Gasteiger partial charge in [0.2, 0.25) is 0 Å². The molecular weight excluding hydrogens is 274 g/mol. The van der Waals surface area contributed by atoms with Crippen LogP contribution in [0.3, 0.4) is 0 Å². The molecule has 1 amide bonds. The van der Waals surface area contributed by atoms with Crippen LogP contribution >= 0.6 is 0 Å². The van der Waals surface area contributed by atoms with E-state index in [2.05, 4.69) is 12.2 Å². The number of ether oxygens (including phenoxy) is 1. The van der Waals surface area contributed by atoms with Crippen molar-refractivity contribution in [3.8, 4) is 5.75 Å². The molecule has 116 valence electrons. The van der Waals surface area contributed by atoms with Crippen LogP contribution in [-0.4, -0.2) is 12.0 Å². The Morgan fingerprint density at radius 3 is 2.45 bits per heavy atom. The monoisotopic (exact) mass is 297 g/mol. The number of nitrogens with one attached hydrogen (secondary N) is 1.